The van der Waals surface area contributed by atoms with Gasteiger partial charge in [-0.2, -0.15) is 0 Å². The lowest BCUT2D eigenvalue weighted by Crippen LogP contribution is -2.06. The van der Waals surface area contributed by atoms with Gasteiger partial charge in [0.15, 0.2) is 5.13 Å². The molecule has 5 heteroatoms. The smallest absolute Gasteiger partial charge is 0.249 e. The Morgan fingerprint density at radius 1 is 1.60 bits per heavy atom. The Morgan fingerprint density at radius 3 is 3.13 bits per heavy atom. The van der Waals surface area contributed by atoms with Crippen molar-refractivity contribution in [1.29, 1.82) is 0 Å². The van der Waals surface area contributed by atoms with Crippen LogP contribution in [-0.4, -0.2) is 10.9 Å². The molecule has 0 aliphatic heterocycles. The summed E-state index contributed by atoms with van der Waals surface area (Å²) in [7, 11) is 0. The van der Waals surface area contributed by atoms with Crippen molar-refractivity contribution in [3.63, 3.8) is 0 Å². The number of carbonyl (C=O) groups excluding carboxylic acids is 1. The summed E-state index contributed by atoms with van der Waals surface area (Å²) in [5.41, 5.74) is 0.667. The fourth-order valence-corrected chi connectivity index (χ4v) is 2.00. The number of carbonyl (C=O) groups is 1. The predicted octanol–water partition coefficient (Wildman–Crippen LogP) is 2.56. The number of fused-ring (bicyclic) bond motifs is 1. The lowest BCUT2D eigenvalue weighted by molar-refractivity contribution is -0.111. The molecule has 0 bridgehead atoms. The van der Waals surface area contributed by atoms with Crippen molar-refractivity contribution in [3.05, 3.63) is 36.7 Å². The van der Waals surface area contributed by atoms with Crippen LogP contribution in [0.2, 0.25) is 0 Å². The third kappa shape index (κ3) is 2.02. The number of aromatic nitrogens is 1. The maximum absolute atomic E-state index is 12.8. The molecule has 0 radical (unpaired) electrons. The van der Waals surface area contributed by atoms with Gasteiger partial charge in [0, 0.05) is 0 Å². The number of hydrogen-bond donors (Lipinski definition) is 1. The summed E-state index contributed by atoms with van der Waals surface area (Å²) in [5.74, 6) is -0.637. The first-order valence-electron chi connectivity index (χ1n) is 4.18. The number of amides is 1. The minimum absolute atomic E-state index is 0.312. The van der Waals surface area contributed by atoms with Gasteiger partial charge in [-0.05, 0) is 24.3 Å². The van der Waals surface area contributed by atoms with Crippen molar-refractivity contribution in [1.82, 2.24) is 4.98 Å². The molecule has 1 aromatic heterocycles. The molecule has 0 fully saturated rings. The Kier molecular flexibility index (Phi) is 2.47. The van der Waals surface area contributed by atoms with Crippen molar-refractivity contribution in [2.45, 2.75) is 0 Å². The van der Waals surface area contributed by atoms with E-state index in [1.807, 2.05) is 0 Å². The molecule has 0 saturated carbocycles. The zero-order valence-corrected chi connectivity index (χ0v) is 8.47. The third-order valence-corrected chi connectivity index (χ3v) is 2.70. The molecule has 0 aliphatic carbocycles. The highest BCUT2D eigenvalue weighted by Crippen LogP contribution is 2.26. The van der Waals surface area contributed by atoms with Crippen molar-refractivity contribution >= 4 is 32.6 Å². The zero-order valence-electron chi connectivity index (χ0n) is 7.66. The van der Waals surface area contributed by atoms with Gasteiger partial charge in [-0.1, -0.05) is 17.9 Å². The van der Waals surface area contributed by atoms with Crippen LogP contribution in [0.15, 0.2) is 30.9 Å². The lowest BCUT2D eigenvalue weighted by atomic mass is 10.3. The molecule has 0 unspecified atom stereocenters. The van der Waals surface area contributed by atoms with Gasteiger partial charge in [0.1, 0.15) is 5.82 Å². The molecule has 15 heavy (non-hydrogen) atoms. The Balaban J connectivity index is 2.38. The molecule has 76 valence electrons. The maximum atomic E-state index is 12.8. The monoisotopic (exact) mass is 222 g/mol. The quantitative estimate of drug-likeness (QED) is 0.793. The number of benzene rings is 1. The second-order valence-electron chi connectivity index (χ2n) is 2.82. The molecule has 1 aromatic carbocycles. The van der Waals surface area contributed by atoms with Crippen LogP contribution in [-0.2, 0) is 4.79 Å². The van der Waals surface area contributed by atoms with Gasteiger partial charge >= 0.3 is 0 Å². The van der Waals surface area contributed by atoms with Gasteiger partial charge in [0.2, 0.25) is 5.91 Å². The maximum Gasteiger partial charge on any atom is 0.249 e. The van der Waals surface area contributed by atoms with Gasteiger partial charge in [-0.25, -0.2) is 9.37 Å². The summed E-state index contributed by atoms with van der Waals surface area (Å²) in [6.45, 7) is 3.33. The van der Waals surface area contributed by atoms with Crippen LogP contribution in [0.4, 0.5) is 9.52 Å². The molecule has 1 N–H and O–H groups in total. The molecular formula is C10H7FN2OS. The minimum Gasteiger partial charge on any atom is -0.298 e. The molecular weight excluding hydrogens is 215 g/mol. The van der Waals surface area contributed by atoms with Gasteiger partial charge in [0.05, 0.1) is 10.2 Å². The van der Waals surface area contributed by atoms with E-state index in [4.69, 9.17) is 0 Å². The van der Waals surface area contributed by atoms with E-state index in [1.165, 1.54) is 23.5 Å². The third-order valence-electron chi connectivity index (χ3n) is 1.77. The molecule has 1 amide bonds. The topological polar surface area (TPSA) is 42.0 Å². The van der Waals surface area contributed by atoms with Crippen LogP contribution < -0.4 is 5.32 Å². The Hall–Kier alpha value is -1.75. The molecule has 0 atom stereocenters. The Morgan fingerprint density at radius 2 is 2.40 bits per heavy atom. The first-order valence-corrected chi connectivity index (χ1v) is 5.00. The molecule has 2 aromatic rings. The average molecular weight is 222 g/mol. The summed E-state index contributed by atoms with van der Waals surface area (Å²) in [4.78, 5) is 15.1. The second-order valence-corrected chi connectivity index (χ2v) is 3.86. The van der Waals surface area contributed by atoms with Crippen LogP contribution in [0.1, 0.15) is 0 Å². The fraction of sp³-hybridized carbons (Fsp3) is 0. The Labute approximate surface area is 89.3 Å². The lowest BCUT2D eigenvalue weighted by Gasteiger charge is -1.92. The van der Waals surface area contributed by atoms with E-state index in [2.05, 4.69) is 16.9 Å². The number of halogens is 1. The van der Waals surface area contributed by atoms with Crippen molar-refractivity contribution in [2.24, 2.45) is 0 Å². The highest BCUT2D eigenvalue weighted by molar-refractivity contribution is 7.22. The summed E-state index contributed by atoms with van der Waals surface area (Å²) >= 11 is 1.22. The highest BCUT2D eigenvalue weighted by atomic mass is 32.1. The summed E-state index contributed by atoms with van der Waals surface area (Å²) < 4.78 is 13.6. The number of anilines is 1. The van der Waals surface area contributed by atoms with E-state index in [9.17, 15) is 9.18 Å². The zero-order chi connectivity index (χ0) is 10.8. The number of nitrogens with zero attached hydrogens (tertiary/aromatic N) is 1. The first-order chi connectivity index (χ1) is 7.19. The van der Waals surface area contributed by atoms with Crippen molar-refractivity contribution in [2.75, 3.05) is 5.32 Å². The second kappa shape index (κ2) is 3.78. The van der Waals surface area contributed by atoms with Gasteiger partial charge < -0.3 is 0 Å². The standard InChI is InChI=1S/C10H7FN2OS/c1-2-9(14)13-10-12-7-4-3-6(11)5-8(7)15-10/h2-5H,1H2,(H,12,13,14). The molecule has 2 rings (SSSR count). The van der Waals surface area contributed by atoms with Gasteiger partial charge in [-0.3, -0.25) is 10.1 Å². The largest absolute Gasteiger partial charge is 0.298 e. The SMILES string of the molecule is C=CC(=O)Nc1nc2ccc(F)cc2s1. The summed E-state index contributed by atoms with van der Waals surface area (Å²) in [6, 6.07) is 4.29. The summed E-state index contributed by atoms with van der Waals surface area (Å²) in [6.07, 6.45) is 1.16. The molecule has 1 heterocycles. The molecule has 0 aliphatic rings. The first kappa shape index (κ1) is 9.79. The van der Waals surface area contributed by atoms with E-state index in [-0.39, 0.29) is 11.7 Å². The van der Waals surface area contributed by atoms with Crippen LogP contribution in [0.3, 0.4) is 0 Å². The normalized spacial score (nSPS) is 10.2. The van der Waals surface area contributed by atoms with Crippen LogP contribution >= 0.6 is 11.3 Å². The van der Waals surface area contributed by atoms with E-state index >= 15 is 0 Å². The highest BCUT2D eigenvalue weighted by Gasteiger charge is 2.05. The summed E-state index contributed by atoms with van der Waals surface area (Å²) in [5, 5.41) is 2.97. The number of nitrogens with one attached hydrogen (secondary N) is 1. The molecule has 0 saturated heterocycles. The van der Waals surface area contributed by atoms with E-state index in [1.54, 1.807) is 6.07 Å². The van der Waals surface area contributed by atoms with Gasteiger partial charge in [0.25, 0.3) is 0 Å². The van der Waals surface area contributed by atoms with Crippen LogP contribution in [0.25, 0.3) is 10.2 Å². The number of hydrogen-bond acceptors (Lipinski definition) is 3. The minimum atomic E-state index is -0.325. The average Bonchev–Trinajstić information content (AvgIpc) is 2.59. The van der Waals surface area contributed by atoms with Crippen LogP contribution in [0.5, 0.6) is 0 Å². The van der Waals surface area contributed by atoms with E-state index < -0.39 is 0 Å². The van der Waals surface area contributed by atoms with Crippen LogP contribution in [0, 0.1) is 5.82 Å². The molecule has 0 spiro atoms. The molecule has 3 nitrogen and oxygen atoms in total. The number of rotatable bonds is 2. The Bertz CT molecular complexity index is 535. The number of thiazole rings is 1. The van der Waals surface area contributed by atoms with Crippen molar-refractivity contribution < 1.29 is 9.18 Å². The van der Waals surface area contributed by atoms with Crippen molar-refractivity contribution in [3.8, 4) is 0 Å². The van der Waals surface area contributed by atoms with Gasteiger partial charge in [-0.15, -0.1) is 0 Å². The van der Waals surface area contributed by atoms with E-state index in [0.717, 1.165) is 6.08 Å². The van der Waals surface area contributed by atoms with E-state index in [0.29, 0.717) is 15.3 Å². The predicted molar refractivity (Wildman–Crippen MR) is 58.4 cm³/mol. The fourth-order valence-electron chi connectivity index (χ4n) is 1.11.